The lowest BCUT2D eigenvalue weighted by Crippen LogP contribution is -2.57. The van der Waals surface area contributed by atoms with Crippen molar-refractivity contribution in [3.63, 3.8) is 0 Å². The summed E-state index contributed by atoms with van der Waals surface area (Å²) in [6, 6.07) is 29.5. The summed E-state index contributed by atoms with van der Waals surface area (Å²) >= 11 is 0. The van der Waals surface area contributed by atoms with Crippen molar-refractivity contribution in [2.24, 2.45) is 0 Å². The molecule has 0 saturated carbocycles. The summed E-state index contributed by atoms with van der Waals surface area (Å²) in [5.74, 6) is 3.47. The van der Waals surface area contributed by atoms with E-state index in [4.69, 9.17) is 14.5 Å². The molecule has 0 saturated heterocycles. The second kappa shape index (κ2) is 7.86. The van der Waals surface area contributed by atoms with Crippen LogP contribution in [0.3, 0.4) is 0 Å². The van der Waals surface area contributed by atoms with Gasteiger partial charge in [-0.15, -0.1) is 0 Å². The zero-order chi connectivity index (χ0) is 24.4. The van der Waals surface area contributed by atoms with E-state index in [0.29, 0.717) is 0 Å². The summed E-state index contributed by atoms with van der Waals surface area (Å²) in [4.78, 5) is 4.94. The van der Waals surface area contributed by atoms with Gasteiger partial charge in [0.1, 0.15) is 23.0 Å². The molecule has 3 heterocycles. The topological polar surface area (TPSA) is 31.4 Å². The minimum Gasteiger partial charge on any atom is -0.458 e. The second-order valence-corrected chi connectivity index (χ2v) is 9.77. The average molecular weight is 465 g/mol. The molecule has 0 N–H and O–H groups in total. The maximum absolute atomic E-state index is 6.59. The minimum atomic E-state index is 0.0560. The largest absolute Gasteiger partial charge is 0.458 e. The number of benzene rings is 4. The van der Waals surface area contributed by atoms with Gasteiger partial charge in [-0.25, -0.2) is 0 Å². The van der Waals surface area contributed by atoms with Crippen LogP contribution in [-0.2, 0) is 0 Å². The van der Waals surface area contributed by atoms with Crippen LogP contribution >= 0.6 is 0 Å². The maximum atomic E-state index is 6.59. The fourth-order valence-electron chi connectivity index (χ4n) is 5.70. The van der Waals surface area contributed by atoms with Crippen LogP contribution < -0.4 is 25.9 Å². The van der Waals surface area contributed by atoms with Crippen LogP contribution in [0.15, 0.2) is 91.1 Å². The third-order valence-electron chi connectivity index (χ3n) is 7.39. The van der Waals surface area contributed by atoms with Gasteiger partial charge < -0.3 is 9.47 Å². The Morgan fingerprint density at radius 1 is 0.611 bits per heavy atom. The molecule has 2 aliphatic heterocycles. The van der Waals surface area contributed by atoms with Crippen molar-refractivity contribution in [3.8, 4) is 45.4 Å². The van der Waals surface area contributed by atoms with Crippen LogP contribution in [0.25, 0.3) is 22.4 Å². The highest BCUT2D eigenvalue weighted by Crippen LogP contribution is 2.39. The lowest BCUT2D eigenvalue weighted by molar-refractivity contribution is 0.465. The molecule has 0 fully saturated rings. The number of fused-ring (bicyclic) bond motifs is 4. The van der Waals surface area contributed by atoms with E-state index in [0.717, 1.165) is 56.2 Å². The molecule has 5 aromatic rings. The number of nitrogens with zero attached hydrogens (tertiary/aromatic N) is 1. The monoisotopic (exact) mass is 465 g/mol. The summed E-state index contributed by atoms with van der Waals surface area (Å²) in [5, 5.41) is 0. The minimum absolute atomic E-state index is 0.0560. The maximum Gasteiger partial charge on any atom is 0.260 e. The molecule has 0 atom stereocenters. The number of rotatable bonds is 2. The van der Waals surface area contributed by atoms with Gasteiger partial charge in [0.15, 0.2) is 0 Å². The Balaban J connectivity index is 1.39. The Bertz CT molecular complexity index is 1690. The van der Waals surface area contributed by atoms with E-state index in [-0.39, 0.29) is 6.71 Å². The first kappa shape index (κ1) is 21.0. The van der Waals surface area contributed by atoms with Gasteiger partial charge in [0.2, 0.25) is 0 Å². The van der Waals surface area contributed by atoms with Crippen LogP contribution in [0.4, 0.5) is 0 Å². The van der Waals surface area contributed by atoms with Gasteiger partial charge in [-0.05, 0) is 78.7 Å². The van der Waals surface area contributed by atoms with Crippen molar-refractivity contribution < 1.29 is 9.47 Å². The first-order valence-corrected chi connectivity index (χ1v) is 12.3. The normalized spacial score (nSPS) is 12.7. The summed E-state index contributed by atoms with van der Waals surface area (Å²) in [6.45, 7) is 6.50. The second-order valence-electron chi connectivity index (χ2n) is 9.77. The van der Waals surface area contributed by atoms with E-state index in [1.807, 2.05) is 36.5 Å². The van der Waals surface area contributed by atoms with E-state index in [1.165, 1.54) is 22.3 Å². The molecule has 36 heavy (non-hydrogen) atoms. The van der Waals surface area contributed by atoms with Crippen molar-refractivity contribution >= 4 is 23.1 Å². The fourth-order valence-corrected chi connectivity index (χ4v) is 5.70. The molecule has 4 heteroatoms. The zero-order valence-electron chi connectivity index (χ0n) is 20.5. The molecule has 1 aromatic heterocycles. The molecule has 7 rings (SSSR count). The first-order valence-electron chi connectivity index (χ1n) is 12.3. The molecular formula is C32H24BNO2. The van der Waals surface area contributed by atoms with E-state index < -0.39 is 0 Å². The molecule has 0 aliphatic carbocycles. The number of aryl methyl sites for hydroxylation is 3. The van der Waals surface area contributed by atoms with Gasteiger partial charge in [-0.2, -0.15) is 0 Å². The van der Waals surface area contributed by atoms with Crippen LogP contribution in [0.2, 0.25) is 0 Å². The van der Waals surface area contributed by atoms with Gasteiger partial charge in [-0.1, -0.05) is 60.2 Å². The average Bonchev–Trinajstić information content (AvgIpc) is 2.88. The molecule has 0 bridgehead atoms. The Hall–Kier alpha value is -4.31. The SMILES string of the molecule is Cc1ccc(-c2cnc(-c3cccc4c3Oc3cccc5c3B4c3ccccc3O5)cc2C)c(C)c1. The van der Waals surface area contributed by atoms with Gasteiger partial charge in [0.25, 0.3) is 6.71 Å². The van der Waals surface area contributed by atoms with Gasteiger partial charge in [0, 0.05) is 22.8 Å². The lowest BCUT2D eigenvalue weighted by atomic mass is 9.34. The van der Waals surface area contributed by atoms with E-state index in [9.17, 15) is 0 Å². The highest BCUT2D eigenvalue weighted by atomic mass is 16.5. The summed E-state index contributed by atoms with van der Waals surface area (Å²) in [5.41, 5.74) is 11.4. The molecule has 3 nitrogen and oxygen atoms in total. The highest BCUT2D eigenvalue weighted by molar-refractivity contribution is 6.98. The Kier molecular flexibility index (Phi) is 4.59. The van der Waals surface area contributed by atoms with Crippen molar-refractivity contribution in [3.05, 3.63) is 108 Å². The highest BCUT2D eigenvalue weighted by Gasteiger charge is 2.40. The van der Waals surface area contributed by atoms with Crippen LogP contribution in [0.1, 0.15) is 16.7 Å². The predicted molar refractivity (Wildman–Crippen MR) is 147 cm³/mol. The molecule has 172 valence electrons. The number of ether oxygens (including phenoxy) is 2. The molecule has 0 unspecified atom stereocenters. The van der Waals surface area contributed by atoms with E-state index in [2.05, 4.69) is 75.4 Å². The van der Waals surface area contributed by atoms with E-state index >= 15 is 0 Å². The molecule has 4 aromatic carbocycles. The molecule has 0 spiro atoms. The summed E-state index contributed by atoms with van der Waals surface area (Å²) < 4.78 is 12.8. The molecule has 0 radical (unpaired) electrons. The lowest BCUT2D eigenvalue weighted by Gasteiger charge is -2.33. The third-order valence-corrected chi connectivity index (χ3v) is 7.39. The van der Waals surface area contributed by atoms with Gasteiger partial charge >= 0.3 is 0 Å². The van der Waals surface area contributed by atoms with Crippen molar-refractivity contribution in [1.29, 1.82) is 0 Å². The number of hydrogen-bond donors (Lipinski definition) is 0. The number of para-hydroxylation sites is 2. The smallest absolute Gasteiger partial charge is 0.260 e. The zero-order valence-corrected chi connectivity index (χ0v) is 20.5. The van der Waals surface area contributed by atoms with Crippen molar-refractivity contribution in [2.75, 3.05) is 0 Å². The Morgan fingerprint density at radius 2 is 1.33 bits per heavy atom. The Labute approximate surface area is 211 Å². The molecule has 0 amide bonds. The van der Waals surface area contributed by atoms with Crippen molar-refractivity contribution in [2.45, 2.75) is 20.8 Å². The summed E-state index contributed by atoms with van der Waals surface area (Å²) in [6.07, 6.45) is 2.00. The molecular weight excluding hydrogens is 441 g/mol. The van der Waals surface area contributed by atoms with Gasteiger partial charge in [-0.3, -0.25) is 4.98 Å². The number of hydrogen-bond acceptors (Lipinski definition) is 3. The fraction of sp³-hybridized carbons (Fsp3) is 0.0938. The van der Waals surface area contributed by atoms with Crippen LogP contribution in [0, 0.1) is 20.8 Å². The van der Waals surface area contributed by atoms with Crippen molar-refractivity contribution in [1.82, 2.24) is 4.98 Å². The van der Waals surface area contributed by atoms with E-state index in [1.54, 1.807) is 0 Å². The number of aromatic nitrogens is 1. The van der Waals surface area contributed by atoms with Crippen LogP contribution in [-0.4, -0.2) is 11.7 Å². The number of pyridine rings is 1. The Morgan fingerprint density at radius 3 is 2.17 bits per heavy atom. The quantitative estimate of drug-likeness (QED) is 0.291. The standard InChI is InChI=1S/C32H24BNO2/c1-19-14-15-22(20(2)16-19)24-18-34-27(17-21(24)3)23-8-6-10-26-32(23)36-30-13-7-12-29-31(30)33(26)25-9-4-5-11-28(25)35-29/h4-18H,1-3H3. The third kappa shape index (κ3) is 3.11. The summed E-state index contributed by atoms with van der Waals surface area (Å²) in [7, 11) is 0. The van der Waals surface area contributed by atoms with Gasteiger partial charge in [0.05, 0.1) is 5.69 Å². The van der Waals surface area contributed by atoms with Crippen LogP contribution in [0.5, 0.6) is 23.0 Å². The predicted octanol–water partition coefficient (Wildman–Crippen LogP) is 6.07. The molecule has 2 aliphatic rings. The first-order chi connectivity index (χ1) is 17.6.